The molecule has 0 aliphatic rings. The number of hydrogen-bond acceptors (Lipinski definition) is 3. The highest BCUT2D eigenvalue weighted by Crippen LogP contribution is 2.11. The number of nitriles is 1. The van der Waals surface area contributed by atoms with Crippen LogP contribution >= 0.6 is 0 Å². The van der Waals surface area contributed by atoms with Gasteiger partial charge in [-0.05, 0) is 17.7 Å². The number of benzene rings is 1. The fraction of sp³-hybridized carbons (Fsp3) is 0. The van der Waals surface area contributed by atoms with Gasteiger partial charge < -0.3 is 0 Å². The fourth-order valence-corrected chi connectivity index (χ4v) is 1.52. The summed E-state index contributed by atoms with van der Waals surface area (Å²) >= 11 is 0. The van der Waals surface area contributed by atoms with Crippen LogP contribution in [0, 0.1) is 11.3 Å². The molecule has 2 aromatic rings. The van der Waals surface area contributed by atoms with Crippen molar-refractivity contribution in [1.82, 2.24) is 4.98 Å². The maximum absolute atomic E-state index is 12.1. The Kier molecular flexibility index (Phi) is 3.62. The maximum atomic E-state index is 12.1. The van der Waals surface area contributed by atoms with E-state index in [0.29, 0.717) is 5.56 Å². The minimum Gasteiger partial charge on any atom is -0.288 e. The number of Topliss-reactive ketones (excluding diaryl/α,β-unsaturated/α-hetero) is 1. The molecule has 0 atom stereocenters. The Morgan fingerprint density at radius 3 is 2.56 bits per heavy atom. The van der Waals surface area contributed by atoms with Crippen LogP contribution in [-0.4, -0.2) is 10.8 Å². The standard InChI is InChI=1S/C15H10N2O/c16-10-14(9-12-5-4-8-17-11-12)15(18)13-6-2-1-3-7-13/h1-9,11H/b14-9-. The van der Waals surface area contributed by atoms with Crippen LogP contribution in [0.1, 0.15) is 15.9 Å². The molecule has 3 nitrogen and oxygen atoms in total. The molecule has 86 valence electrons. The van der Waals surface area contributed by atoms with Gasteiger partial charge >= 0.3 is 0 Å². The monoisotopic (exact) mass is 234 g/mol. The molecule has 0 radical (unpaired) electrons. The van der Waals surface area contributed by atoms with Crippen molar-refractivity contribution in [2.75, 3.05) is 0 Å². The lowest BCUT2D eigenvalue weighted by atomic mass is 10.0. The van der Waals surface area contributed by atoms with E-state index in [1.807, 2.05) is 12.1 Å². The molecule has 0 saturated heterocycles. The van der Waals surface area contributed by atoms with Gasteiger partial charge in [0.25, 0.3) is 0 Å². The average Bonchev–Trinajstić information content (AvgIpc) is 2.46. The van der Waals surface area contributed by atoms with Gasteiger partial charge in [0, 0.05) is 18.0 Å². The molecule has 2 rings (SSSR count). The van der Waals surface area contributed by atoms with E-state index >= 15 is 0 Å². The van der Waals surface area contributed by atoms with Crippen molar-refractivity contribution in [2.24, 2.45) is 0 Å². The van der Waals surface area contributed by atoms with Crippen LogP contribution in [-0.2, 0) is 0 Å². The third-order valence-corrected chi connectivity index (χ3v) is 2.40. The van der Waals surface area contributed by atoms with Crippen LogP contribution in [0.3, 0.4) is 0 Å². The molecule has 0 bridgehead atoms. The van der Waals surface area contributed by atoms with E-state index in [9.17, 15) is 4.79 Å². The molecule has 3 heteroatoms. The Bertz CT molecular complexity index is 610. The van der Waals surface area contributed by atoms with Gasteiger partial charge in [-0.1, -0.05) is 36.4 Å². The number of rotatable bonds is 3. The number of hydrogen-bond donors (Lipinski definition) is 0. The van der Waals surface area contributed by atoms with Gasteiger partial charge in [0.2, 0.25) is 5.78 Å². The summed E-state index contributed by atoms with van der Waals surface area (Å²) in [6.45, 7) is 0. The van der Waals surface area contributed by atoms with E-state index in [4.69, 9.17) is 5.26 Å². The summed E-state index contributed by atoms with van der Waals surface area (Å²) in [7, 11) is 0. The second kappa shape index (κ2) is 5.55. The highest BCUT2D eigenvalue weighted by Gasteiger charge is 2.11. The van der Waals surface area contributed by atoms with E-state index in [2.05, 4.69) is 4.98 Å². The molecule has 1 heterocycles. The van der Waals surface area contributed by atoms with Crippen LogP contribution < -0.4 is 0 Å². The van der Waals surface area contributed by atoms with E-state index in [1.165, 1.54) is 0 Å². The first-order valence-electron chi connectivity index (χ1n) is 5.43. The zero-order valence-electron chi connectivity index (χ0n) is 9.58. The number of carbonyl (C=O) groups is 1. The summed E-state index contributed by atoms with van der Waals surface area (Å²) in [5.41, 5.74) is 1.35. The summed E-state index contributed by atoms with van der Waals surface area (Å²) in [6, 6.07) is 14.2. The van der Waals surface area contributed by atoms with Crippen molar-refractivity contribution in [3.05, 3.63) is 71.6 Å². The lowest BCUT2D eigenvalue weighted by Crippen LogP contribution is -2.01. The lowest BCUT2D eigenvalue weighted by molar-refractivity contribution is 0.104. The summed E-state index contributed by atoms with van der Waals surface area (Å²) < 4.78 is 0. The highest BCUT2D eigenvalue weighted by molar-refractivity contribution is 6.13. The number of pyridine rings is 1. The summed E-state index contributed by atoms with van der Waals surface area (Å²) in [4.78, 5) is 16.0. The molecule has 0 N–H and O–H groups in total. The smallest absolute Gasteiger partial charge is 0.203 e. The van der Waals surface area contributed by atoms with E-state index in [0.717, 1.165) is 5.56 Å². The molecule has 0 aliphatic heterocycles. The second-order valence-electron chi connectivity index (χ2n) is 3.65. The molecule has 0 amide bonds. The molecule has 1 aromatic carbocycles. The normalized spacial score (nSPS) is 10.7. The molecule has 18 heavy (non-hydrogen) atoms. The second-order valence-corrected chi connectivity index (χ2v) is 3.65. The average molecular weight is 234 g/mol. The predicted octanol–water partition coefficient (Wildman–Crippen LogP) is 2.87. The molecule has 0 unspecified atom stereocenters. The topological polar surface area (TPSA) is 53.8 Å². The Morgan fingerprint density at radius 1 is 1.17 bits per heavy atom. The van der Waals surface area contributed by atoms with Gasteiger partial charge in [-0.2, -0.15) is 5.26 Å². The highest BCUT2D eigenvalue weighted by atomic mass is 16.1. The van der Waals surface area contributed by atoms with E-state index in [1.54, 1.807) is 54.9 Å². The zero-order chi connectivity index (χ0) is 12.8. The molecule has 0 saturated carbocycles. The van der Waals surface area contributed by atoms with Crippen LogP contribution in [0.4, 0.5) is 0 Å². The van der Waals surface area contributed by atoms with E-state index < -0.39 is 0 Å². The SMILES string of the molecule is N#C/C(=C/c1cccnc1)C(=O)c1ccccc1. The first kappa shape index (κ1) is 11.7. The molecule has 0 aliphatic carbocycles. The largest absolute Gasteiger partial charge is 0.288 e. The predicted molar refractivity (Wildman–Crippen MR) is 68.6 cm³/mol. The van der Waals surface area contributed by atoms with Gasteiger partial charge in [-0.25, -0.2) is 0 Å². The third-order valence-electron chi connectivity index (χ3n) is 2.40. The van der Waals surface area contributed by atoms with Crippen molar-refractivity contribution in [2.45, 2.75) is 0 Å². The zero-order valence-corrected chi connectivity index (χ0v) is 9.58. The van der Waals surface area contributed by atoms with Crippen LogP contribution in [0.2, 0.25) is 0 Å². The first-order valence-corrected chi connectivity index (χ1v) is 5.43. The molecule has 0 spiro atoms. The van der Waals surface area contributed by atoms with Crippen molar-refractivity contribution >= 4 is 11.9 Å². The number of carbonyl (C=O) groups excluding carboxylic acids is 1. The Hall–Kier alpha value is -2.73. The third kappa shape index (κ3) is 2.69. The van der Waals surface area contributed by atoms with Crippen LogP contribution in [0.5, 0.6) is 0 Å². The van der Waals surface area contributed by atoms with Gasteiger partial charge in [-0.15, -0.1) is 0 Å². The quantitative estimate of drug-likeness (QED) is 0.466. The number of allylic oxidation sites excluding steroid dienone is 1. The number of nitrogens with zero attached hydrogens (tertiary/aromatic N) is 2. The minimum absolute atomic E-state index is 0.106. The molecule has 1 aromatic heterocycles. The lowest BCUT2D eigenvalue weighted by Gasteiger charge is -1.99. The van der Waals surface area contributed by atoms with Crippen molar-refractivity contribution < 1.29 is 4.79 Å². The van der Waals surface area contributed by atoms with Crippen LogP contribution in [0.15, 0.2) is 60.4 Å². The number of ketones is 1. The first-order chi connectivity index (χ1) is 8.81. The molecular weight excluding hydrogens is 224 g/mol. The van der Waals surface area contributed by atoms with Gasteiger partial charge in [0.05, 0.1) is 0 Å². The Balaban J connectivity index is 2.34. The fourth-order valence-electron chi connectivity index (χ4n) is 1.52. The van der Waals surface area contributed by atoms with Crippen LogP contribution in [0.25, 0.3) is 6.08 Å². The van der Waals surface area contributed by atoms with Crippen molar-refractivity contribution in [3.63, 3.8) is 0 Å². The summed E-state index contributed by atoms with van der Waals surface area (Å²) in [5, 5.41) is 9.06. The Morgan fingerprint density at radius 2 is 1.94 bits per heavy atom. The molecule has 0 fully saturated rings. The van der Waals surface area contributed by atoms with Gasteiger partial charge in [0.1, 0.15) is 11.6 Å². The number of aromatic nitrogens is 1. The van der Waals surface area contributed by atoms with Gasteiger partial charge in [0.15, 0.2) is 0 Å². The summed E-state index contributed by atoms with van der Waals surface area (Å²) in [5.74, 6) is -0.276. The Labute approximate surface area is 105 Å². The summed E-state index contributed by atoms with van der Waals surface area (Å²) in [6.07, 6.45) is 4.79. The maximum Gasteiger partial charge on any atom is 0.203 e. The van der Waals surface area contributed by atoms with Gasteiger partial charge in [-0.3, -0.25) is 9.78 Å². The van der Waals surface area contributed by atoms with Crippen molar-refractivity contribution in [3.8, 4) is 6.07 Å². The molecular formula is C15H10N2O. The minimum atomic E-state index is -0.276. The van der Waals surface area contributed by atoms with Crippen molar-refractivity contribution in [1.29, 1.82) is 5.26 Å². The van der Waals surface area contributed by atoms with E-state index in [-0.39, 0.29) is 11.4 Å².